The van der Waals surface area contributed by atoms with Crippen molar-refractivity contribution in [3.05, 3.63) is 70.8 Å². The molecule has 0 unspecified atom stereocenters. The molecule has 2 aromatic carbocycles. The Labute approximate surface area is 167 Å². The minimum Gasteiger partial charge on any atom is -0.339 e. The van der Waals surface area contributed by atoms with E-state index in [0.29, 0.717) is 36.3 Å². The van der Waals surface area contributed by atoms with Gasteiger partial charge in [-0.1, -0.05) is 30.3 Å². The molecule has 4 nitrogen and oxygen atoms in total. The molecule has 0 saturated carbocycles. The molecule has 7 heteroatoms. The van der Waals surface area contributed by atoms with Crippen molar-refractivity contribution in [2.75, 3.05) is 20.1 Å². The van der Waals surface area contributed by atoms with Crippen LogP contribution in [0.2, 0.25) is 0 Å². The molecule has 154 valence electrons. The third-order valence-corrected chi connectivity index (χ3v) is 5.36. The molecule has 29 heavy (non-hydrogen) atoms. The Morgan fingerprint density at radius 2 is 1.79 bits per heavy atom. The van der Waals surface area contributed by atoms with Crippen LogP contribution < -0.4 is 0 Å². The van der Waals surface area contributed by atoms with Crippen LogP contribution in [-0.2, 0) is 12.7 Å². The highest BCUT2D eigenvalue weighted by atomic mass is 19.4. The highest BCUT2D eigenvalue weighted by Crippen LogP contribution is 2.30. The fraction of sp³-hybridized carbons (Fsp3) is 0.364. The number of piperidine rings is 1. The number of rotatable bonds is 5. The van der Waals surface area contributed by atoms with Gasteiger partial charge in [0.05, 0.1) is 5.56 Å². The Kier molecular flexibility index (Phi) is 6.37. The summed E-state index contributed by atoms with van der Waals surface area (Å²) in [6.45, 7) is 1.60. The van der Waals surface area contributed by atoms with Gasteiger partial charge in [0.15, 0.2) is 0 Å². The summed E-state index contributed by atoms with van der Waals surface area (Å²) in [5.74, 6) is -0.0681. The molecule has 3 rings (SSSR count). The van der Waals surface area contributed by atoms with Gasteiger partial charge in [-0.2, -0.15) is 13.2 Å². The van der Waals surface area contributed by atoms with Crippen molar-refractivity contribution in [3.63, 3.8) is 0 Å². The normalized spacial score (nSPS) is 15.6. The quantitative estimate of drug-likeness (QED) is 0.700. The second-order valence-corrected chi connectivity index (χ2v) is 7.38. The standard InChI is InChI=1S/C22H23F3N2O2/c1-26(14-17-3-2-4-19(13-17)22(23,24)25)20-9-11-27(12-10-20)21(29)18-7-5-16(15-28)6-8-18/h2-8,13,15,20H,9-12,14H2,1H3. The van der Waals surface area contributed by atoms with Crippen molar-refractivity contribution < 1.29 is 22.8 Å². The number of carbonyl (C=O) groups excluding carboxylic acids is 2. The van der Waals surface area contributed by atoms with Crippen LogP contribution in [0, 0.1) is 0 Å². The van der Waals surface area contributed by atoms with E-state index in [1.54, 1.807) is 35.2 Å². The molecular formula is C22H23F3N2O2. The lowest BCUT2D eigenvalue weighted by atomic mass is 10.0. The summed E-state index contributed by atoms with van der Waals surface area (Å²) < 4.78 is 38.7. The Bertz CT molecular complexity index is 857. The molecular weight excluding hydrogens is 381 g/mol. The number of carbonyl (C=O) groups is 2. The van der Waals surface area contributed by atoms with E-state index in [1.807, 2.05) is 7.05 Å². The van der Waals surface area contributed by atoms with Gasteiger partial charge in [-0.05, 0) is 43.7 Å². The first-order chi connectivity index (χ1) is 13.8. The molecule has 1 aliphatic heterocycles. The van der Waals surface area contributed by atoms with Crippen LogP contribution in [0.25, 0.3) is 0 Å². The molecule has 0 spiro atoms. The second-order valence-electron chi connectivity index (χ2n) is 7.38. The van der Waals surface area contributed by atoms with E-state index in [-0.39, 0.29) is 11.9 Å². The number of hydrogen-bond donors (Lipinski definition) is 0. The number of benzene rings is 2. The van der Waals surface area contributed by atoms with Gasteiger partial charge in [-0.15, -0.1) is 0 Å². The summed E-state index contributed by atoms with van der Waals surface area (Å²) in [4.78, 5) is 27.2. The fourth-order valence-electron chi connectivity index (χ4n) is 3.66. The Morgan fingerprint density at radius 1 is 1.14 bits per heavy atom. The van der Waals surface area contributed by atoms with Crippen LogP contribution in [0.5, 0.6) is 0 Å². The number of amides is 1. The summed E-state index contributed by atoms with van der Waals surface area (Å²) in [7, 11) is 1.90. The predicted molar refractivity (Wildman–Crippen MR) is 104 cm³/mol. The van der Waals surface area contributed by atoms with E-state index in [4.69, 9.17) is 0 Å². The second kappa shape index (κ2) is 8.78. The smallest absolute Gasteiger partial charge is 0.339 e. The molecule has 0 bridgehead atoms. The Hall–Kier alpha value is -2.67. The van der Waals surface area contributed by atoms with Crippen molar-refractivity contribution in [1.82, 2.24) is 9.80 Å². The monoisotopic (exact) mass is 404 g/mol. The zero-order chi connectivity index (χ0) is 21.0. The van der Waals surface area contributed by atoms with E-state index >= 15 is 0 Å². The van der Waals surface area contributed by atoms with E-state index in [0.717, 1.165) is 25.2 Å². The van der Waals surface area contributed by atoms with E-state index in [1.165, 1.54) is 12.1 Å². The van der Waals surface area contributed by atoms with Crippen molar-refractivity contribution in [2.24, 2.45) is 0 Å². The van der Waals surface area contributed by atoms with Crippen LogP contribution in [0.15, 0.2) is 48.5 Å². The average molecular weight is 404 g/mol. The van der Waals surface area contributed by atoms with Crippen LogP contribution in [0.4, 0.5) is 13.2 Å². The summed E-state index contributed by atoms with van der Waals surface area (Å²) in [5.41, 5.74) is 1.06. The first-order valence-electron chi connectivity index (χ1n) is 9.49. The van der Waals surface area contributed by atoms with Gasteiger partial charge < -0.3 is 4.90 Å². The van der Waals surface area contributed by atoms with Gasteiger partial charge in [0.2, 0.25) is 0 Å². The molecule has 0 atom stereocenters. The predicted octanol–water partition coefficient (Wildman–Crippen LogP) is 4.25. The van der Waals surface area contributed by atoms with Crippen molar-refractivity contribution >= 4 is 12.2 Å². The van der Waals surface area contributed by atoms with Crippen LogP contribution >= 0.6 is 0 Å². The number of nitrogens with zero attached hydrogens (tertiary/aromatic N) is 2. The molecule has 1 aliphatic rings. The van der Waals surface area contributed by atoms with E-state index in [2.05, 4.69) is 4.90 Å². The lowest BCUT2D eigenvalue weighted by molar-refractivity contribution is -0.137. The van der Waals surface area contributed by atoms with E-state index < -0.39 is 11.7 Å². The highest BCUT2D eigenvalue weighted by molar-refractivity contribution is 5.94. The molecule has 1 amide bonds. The molecule has 0 aliphatic carbocycles. The maximum atomic E-state index is 12.9. The summed E-state index contributed by atoms with van der Waals surface area (Å²) >= 11 is 0. The molecule has 0 aromatic heterocycles. The summed E-state index contributed by atoms with van der Waals surface area (Å²) in [6.07, 6.45) is -2.09. The lowest BCUT2D eigenvalue weighted by Crippen LogP contribution is -2.45. The first-order valence-corrected chi connectivity index (χ1v) is 9.49. The van der Waals surface area contributed by atoms with Crippen molar-refractivity contribution in [1.29, 1.82) is 0 Å². The van der Waals surface area contributed by atoms with Gasteiger partial charge >= 0.3 is 6.18 Å². The lowest BCUT2D eigenvalue weighted by Gasteiger charge is -2.37. The van der Waals surface area contributed by atoms with Gasteiger partial charge in [0, 0.05) is 36.8 Å². The van der Waals surface area contributed by atoms with E-state index in [9.17, 15) is 22.8 Å². The van der Waals surface area contributed by atoms with Crippen LogP contribution in [0.1, 0.15) is 44.7 Å². The molecule has 1 heterocycles. The van der Waals surface area contributed by atoms with Crippen LogP contribution in [-0.4, -0.2) is 48.2 Å². The third kappa shape index (κ3) is 5.23. The first kappa shape index (κ1) is 21.0. The maximum Gasteiger partial charge on any atom is 0.416 e. The zero-order valence-electron chi connectivity index (χ0n) is 16.2. The molecule has 0 radical (unpaired) electrons. The number of hydrogen-bond acceptors (Lipinski definition) is 3. The van der Waals surface area contributed by atoms with Gasteiger partial charge in [-0.25, -0.2) is 0 Å². The summed E-state index contributed by atoms with van der Waals surface area (Å²) in [6, 6.07) is 12.1. The SMILES string of the molecule is CN(Cc1cccc(C(F)(F)F)c1)C1CCN(C(=O)c2ccc(C=O)cc2)CC1. The number of likely N-dealkylation sites (tertiary alicyclic amines) is 1. The third-order valence-electron chi connectivity index (χ3n) is 5.36. The summed E-state index contributed by atoms with van der Waals surface area (Å²) in [5, 5.41) is 0. The zero-order valence-corrected chi connectivity index (χ0v) is 16.2. The molecule has 0 N–H and O–H groups in total. The topological polar surface area (TPSA) is 40.6 Å². The van der Waals surface area contributed by atoms with Gasteiger partial charge in [-0.3, -0.25) is 14.5 Å². The number of alkyl halides is 3. The number of aldehydes is 1. The van der Waals surface area contributed by atoms with Crippen LogP contribution in [0.3, 0.4) is 0 Å². The van der Waals surface area contributed by atoms with Crippen molar-refractivity contribution in [3.8, 4) is 0 Å². The van der Waals surface area contributed by atoms with Crippen molar-refractivity contribution in [2.45, 2.75) is 31.6 Å². The molecule has 2 aromatic rings. The Morgan fingerprint density at radius 3 is 2.38 bits per heavy atom. The Balaban J connectivity index is 1.56. The molecule has 1 saturated heterocycles. The fourth-order valence-corrected chi connectivity index (χ4v) is 3.66. The average Bonchev–Trinajstić information content (AvgIpc) is 2.73. The highest BCUT2D eigenvalue weighted by Gasteiger charge is 2.31. The minimum atomic E-state index is -4.34. The molecule has 1 fully saturated rings. The maximum absolute atomic E-state index is 12.9. The van der Waals surface area contributed by atoms with Gasteiger partial charge in [0.1, 0.15) is 6.29 Å². The van der Waals surface area contributed by atoms with Gasteiger partial charge in [0.25, 0.3) is 5.91 Å². The minimum absolute atomic E-state index is 0.0681. The number of halogens is 3. The largest absolute Gasteiger partial charge is 0.416 e.